The van der Waals surface area contributed by atoms with Crippen molar-refractivity contribution in [1.82, 2.24) is 10.2 Å². The molecule has 0 unspecified atom stereocenters. The molecular formula is C14H19F2N3O. The molecule has 20 heavy (non-hydrogen) atoms. The molecule has 1 aromatic rings. The molecule has 0 atom stereocenters. The Labute approximate surface area is 116 Å². The molecule has 0 saturated carbocycles. The van der Waals surface area contributed by atoms with E-state index in [4.69, 9.17) is 5.73 Å². The third kappa shape index (κ3) is 3.66. The summed E-state index contributed by atoms with van der Waals surface area (Å²) in [6.07, 6.45) is 3.61. The zero-order valence-corrected chi connectivity index (χ0v) is 11.3. The standard InChI is InChI=1S/C14H19F2N3O/c15-11-9-12(16)13(17)8-10(11)14(20)18-4-7-19-5-2-1-3-6-19/h8-9H,1-7,17H2,(H,18,20). The summed E-state index contributed by atoms with van der Waals surface area (Å²) >= 11 is 0. The fourth-order valence-corrected chi connectivity index (χ4v) is 2.35. The molecule has 0 radical (unpaired) electrons. The van der Waals surface area contributed by atoms with Crippen molar-refractivity contribution in [3.05, 3.63) is 29.3 Å². The number of benzene rings is 1. The maximum atomic E-state index is 13.5. The first-order chi connectivity index (χ1) is 9.58. The number of halogens is 2. The lowest BCUT2D eigenvalue weighted by Crippen LogP contribution is -2.37. The molecule has 6 heteroatoms. The molecular weight excluding hydrogens is 264 g/mol. The lowest BCUT2D eigenvalue weighted by Gasteiger charge is -2.26. The van der Waals surface area contributed by atoms with Gasteiger partial charge in [0.25, 0.3) is 5.91 Å². The number of nitrogens with two attached hydrogens (primary N) is 1. The van der Waals surface area contributed by atoms with E-state index in [2.05, 4.69) is 10.2 Å². The van der Waals surface area contributed by atoms with Crippen molar-refractivity contribution in [2.24, 2.45) is 0 Å². The van der Waals surface area contributed by atoms with E-state index in [1.807, 2.05) is 0 Å². The number of likely N-dealkylation sites (tertiary alicyclic amines) is 1. The molecule has 3 N–H and O–H groups in total. The van der Waals surface area contributed by atoms with Crippen LogP contribution >= 0.6 is 0 Å². The van der Waals surface area contributed by atoms with E-state index in [0.717, 1.165) is 25.7 Å². The molecule has 1 heterocycles. The number of piperidine rings is 1. The number of nitrogens with zero attached hydrogens (tertiary/aromatic N) is 1. The Hall–Kier alpha value is -1.69. The Morgan fingerprint density at radius 1 is 1.20 bits per heavy atom. The highest BCUT2D eigenvalue weighted by molar-refractivity contribution is 5.95. The van der Waals surface area contributed by atoms with Crippen LogP contribution in [0.2, 0.25) is 0 Å². The van der Waals surface area contributed by atoms with Gasteiger partial charge < -0.3 is 16.0 Å². The molecule has 1 amide bonds. The van der Waals surface area contributed by atoms with E-state index in [1.54, 1.807) is 0 Å². The van der Waals surface area contributed by atoms with Gasteiger partial charge in [-0.05, 0) is 32.0 Å². The van der Waals surface area contributed by atoms with Crippen LogP contribution in [0.1, 0.15) is 29.6 Å². The highest BCUT2D eigenvalue weighted by atomic mass is 19.1. The number of carbonyl (C=O) groups excluding carboxylic acids is 1. The monoisotopic (exact) mass is 283 g/mol. The van der Waals surface area contributed by atoms with Crippen molar-refractivity contribution in [3.63, 3.8) is 0 Å². The fourth-order valence-electron chi connectivity index (χ4n) is 2.35. The average Bonchev–Trinajstić information content (AvgIpc) is 2.44. The number of nitrogens with one attached hydrogen (secondary N) is 1. The topological polar surface area (TPSA) is 58.4 Å². The van der Waals surface area contributed by atoms with Crippen LogP contribution < -0.4 is 11.1 Å². The van der Waals surface area contributed by atoms with Gasteiger partial charge in [-0.1, -0.05) is 6.42 Å². The second kappa shape index (κ2) is 6.65. The maximum Gasteiger partial charge on any atom is 0.254 e. The minimum Gasteiger partial charge on any atom is -0.396 e. The summed E-state index contributed by atoms with van der Waals surface area (Å²) in [7, 11) is 0. The van der Waals surface area contributed by atoms with Crippen molar-refractivity contribution in [2.45, 2.75) is 19.3 Å². The molecule has 1 aromatic carbocycles. The predicted octanol–water partition coefficient (Wildman–Crippen LogP) is 1.76. The maximum absolute atomic E-state index is 13.5. The predicted molar refractivity (Wildman–Crippen MR) is 73.4 cm³/mol. The largest absolute Gasteiger partial charge is 0.396 e. The van der Waals surface area contributed by atoms with Crippen LogP contribution in [0.4, 0.5) is 14.5 Å². The highest BCUT2D eigenvalue weighted by Crippen LogP contribution is 2.16. The van der Waals surface area contributed by atoms with E-state index in [1.165, 1.54) is 19.3 Å². The molecule has 110 valence electrons. The van der Waals surface area contributed by atoms with Crippen LogP contribution in [0.15, 0.2) is 12.1 Å². The van der Waals surface area contributed by atoms with Gasteiger partial charge in [-0.15, -0.1) is 0 Å². The molecule has 0 spiro atoms. The molecule has 2 rings (SSSR count). The summed E-state index contributed by atoms with van der Waals surface area (Å²) in [5, 5.41) is 2.64. The van der Waals surface area contributed by atoms with Crippen molar-refractivity contribution in [3.8, 4) is 0 Å². The van der Waals surface area contributed by atoms with Crippen LogP contribution in [0, 0.1) is 11.6 Å². The molecule has 1 saturated heterocycles. The minimum absolute atomic E-state index is 0.220. The van der Waals surface area contributed by atoms with Gasteiger partial charge in [0, 0.05) is 19.2 Å². The normalized spacial score (nSPS) is 16.1. The molecule has 0 aliphatic carbocycles. The zero-order valence-electron chi connectivity index (χ0n) is 11.3. The van der Waals surface area contributed by atoms with Gasteiger partial charge in [-0.3, -0.25) is 4.79 Å². The number of amides is 1. The van der Waals surface area contributed by atoms with Crippen LogP contribution in [0.3, 0.4) is 0 Å². The van der Waals surface area contributed by atoms with Crippen molar-refractivity contribution < 1.29 is 13.6 Å². The lowest BCUT2D eigenvalue weighted by molar-refractivity contribution is 0.0942. The molecule has 0 bridgehead atoms. The molecule has 1 aliphatic heterocycles. The van der Waals surface area contributed by atoms with Crippen molar-refractivity contribution in [2.75, 3.05) is 31.9 Å². The molecule has 0 aromatic heterocycles. The third-order valence-electron chi connectivity index (χ3n) is 3.49. The summed E-state index contributed by atoms with van der Waals surface area (Å²) in [5.74, 6) is -2.31. The van der Waals surface area contributed by atoms with Crippen LogP contribution in [0.25, 0.3) is 0 Å². The summed E-state index contributed by atoms with van der Waals surface area (Å²) in [4.78, 5) is 14.1. The van der Waals surface area contributed by atoms with Gasteiger partial charge in [0.15, 0.2) is 0 Å². The molecule has 4 nitrogen and oxygen atoms in total. The van der Waals surface area contributed by atoms with E-state index in [-0.39, 0.29) is 11.3 Å². The first kappa shape index (κ1) is 14.7. The van der Waals surface area contributed by atoms with Crippen molar-refractivity contribution in [1.29, 1.82) is 0 Å². The van der Waals surface area contributed by atoms with E-state index < -0.39 is 17.5 Å². The summed E-state index contributed by atoms with van der Waals surface area (Å²) in [5.41, 5.74) is 4.89. The summed E-state index contributed by atoms with van der Waals surface area (Å²) < 4.78 is 26.5. The number of hydrogen-bond donors (Lipinski definition) is 2. The van der Waals surface area contributed by atoms with Gasteiger partial charge >= 0.3 is 0 Å². The lowest BCUT2D eigenvalue weighted by atomic mass is 10.1. The first-order valence-electron chi connectivity index (χ1n) is 6.83. The Balaban J connectivity index is 1.87. The summed E-state index contributed by atoms with van der Waals surface area (Å²) in [6.45, 7) is 3.25. The Morgan fingerprint density at radius 3 is 2.60 bits per heavy atom. The SMILES string of the molecule is Nc1cc(C(=O)NCCN2CCCCC2)c(F)cc1F. The Kier molecular flexibility index (Phi) is 4.89. The van der Waals surface area contributed by atoms with Gasteiger partial charge in [0.2, 0.25) is 0 Å². The quantitative estimate of drug-likeness (QED) is 0.828. The number of hydrogen-bond acceptors (Lipinski definition) is 3. The second-order valence-electron chi connectivity index (χ2n) is 5.01. The number of anilines is 1. The van der Waals surface area contributed by atoms with E-state index in [0.29, 0.717) is 12.6 Å². The van der Waals surface area contributed by atoms with Gasteiger partial charge in [0.05, 0.1) is 11.3 Å². The second-order valence-corrected chi connectivity index (χ2v) is 5.01. The average molecular weight is 283 g/mol. The number of nitrogen functional groups attached to an aromatic ring is 1. The molecule has 1 fully saturated rings. The van der Waals surface area contributed by atoms with E-state index >= 15 is 0 Å². The van der Waals surface area contributed by atoms with Crippen molar-refractivity contribution >= 4 is 11.6 Å². The highest BCUT2D eigenvalue weighted by Gasteiger charge is 2.15. The van der Waals surface area contributed by atoms with Gasteiger partial charge in [-0.25, -0.2) is 8.78 Å². The first-order valence-corrected chi connectivity index (χ1v) is 6.83. The summed E-state index contributed by atoms with van der Waals surface area (Å²) in [6, 6.07) is 1.66. The van der Waals surface area contributed by atoms with Crippen LogP contribution in [0.5, 0.6) is 0 Å². The Morgan fingerprint density at radius 2 is 1.90 bits per heavy atom. The smallest absolute Gasteiger partial charge is 0.254 e. The van der Waals surface area contributed by atoms with Crippen LogP contribution in [-0.4, -0.2) is 37.0 Å². The van der Waals surface area contributed by atoms with Crippen LogP contribution in [-0.2, 0) is 0 Å². The van der Waals surface area contributed by atoms with Gasteiger partial charge in [-0.2, -0.15) is 0 Å². The Bertz CT molecular complexity index is 488. The van der Waals surface area contributed by atoms with Gasteiger partial charge in [0.1, 0.15) is 11.6 Å². The third-order valence-corrected chi connectivity index (χ3v) is 3.49. The molecule has 1 aliphatic rings. The van der Waals surface area contributed by atoms with E-state index in [9.17, 15) is 13.6 Å². The number of carbonyl (C=O) groups is 1. The fraction of sp³-hybridized carbons (Fsp3) is 0.500. The zero-order chi connectivity index (χ0) is 14.5. The minimum atomic E-state index is -0.896. The number of rotatable bonds is 4.